The highest BCUT2D eigenvalue weighted by Crippen LogP contribution is 2.66. The number of nitrogens with one attached hydrogen (secondary N) is 1. The molecule has 0 heterocycles. The summed E-state index contributed by atoms with van der Waals surface area (Å²) in [6.07, 6.45) is 9.91. The highest BCUT2D eigenvalue weighted by atomic mass is 16.6. The lowest BCUT2D eigenvalue weighted by Crippen LogP contribution is -2.51. The molecule has 3 fully saturated rings. The van der Waals surface area contributed by atoms with Gasteiger partial charge in [-0.15, -0.1) is 0 Å². The Labute approximate surface area is 280 Å². The van der Waals surface area contributed by atoms with Crippen molar-refractivity contribution >= 4 is 17.8 Å². The zero-order chi connectivity index (χ0) is 33.1. The molecule has 3 saturated carbocycles. The summed E-state index contributed by atoms with van der Waals surface area (Å²) in [7, 11) is 0. The highest BCUT2D eigenvalue weighted by Gasteiger charge is 2.59. The van der Waals surface area contributed by atoms with Crippen LogP contribution in [0.15, 0.2) is 60.2 Å². The van der Waals surface area contributed by atoms with E-state index in [0.717, 1.165) is 49.7 Å². The molecule has 0 bridgehead atoms. The van der Waals surface area contributed by atoms with Gasteiger partial charge >= 0.3 is 12.1 Å². The molecule has 2 aromatic carbocycles. The molecular weight excluding hydrogens is 586 g/mol. The Morgan fingerprint density at radius 2 is 1.55 bits per heavy atom. The normalized spacial score (nSPS) is 33.0. The number of hydrogen-bond donors (Lipinski definition) is 1. The minimum atomic E-state index is -0.791. The standard InChI is InChI=1S/C41H51NO5/c1-24(2)37(42-39(45)46-23-33-30-12-8-6-10-28(30)29-11-7-9-13-31(29)33)38(44)47-27-18-20-40(4)26(22-27)14-15-32-35-17-16-34(25(3)43)41(35,5)21-19-36(32)40/h6-13,22,24,27,32-37H,14-21,23H2,1-5H3,(H,42,45)/t27-,32?,34-,35?,36?,37+,40+,41-/m1/s1. The molecule has 5 aliphatic rings. The fourth-order valence-electron chi connectivity index (χ4n) is 10.9. The number of carbonyl (C=O) groups excluding carboxylic acids is 3. The quantitative estimate of drug-likeness (QED) is 0.243. The number of benzene rings is 2. The molecular formula is C41H51NO5. The van der Waals surface area contributed by atoms with Gasteiger partial charge in [-0.05, 0) is 121 Å². The lowest BCUT2D eigenvalue weighted by molar-refractivity contribution is -0.152. The number of rotatable bonds is 7. The number of fused-ring (bicyclic) bond motifs is 8. The third-order valence-electron chi connectivity index (χ3n) is 13.4. The number of ketones is 1. The van der Waals surface area contributed by atoms with Gasteiger partial charge < -0.3 is 14.8 Å². The Morgan fingerprint density at radius 1 is 0.872 bits per heavy atom. The van der Waals surface area contributed by atoms with Crippen LogP contribution in [0.4, 0.5) is 4.79 Å². The number of ether oxygens (including phenoxy) is 2. The third kappa shape index (κ3) is 5.44. The Morgan fingerprint density at radius 3 is 2.21 bits per heavy atom. The first-order chi connectivity index (χ1) is 22.5. The highest BCUT2D eigenvalue weighted by molar-refractivity contribution is 5.82. The summed E-state index contributed by atoms with van der Waals surface area (Å²) in [5.41, 5.74) is 6.38. The average Bonchev–Trinajstić information content (AvgIpc) is 3.57. The summed E-state index contributed by atoms with van der Waals surface area (Å²) in [4.78, 5) is 39.1. The summed E-state index contributed by atoms with van der Waals surface area (Å²) in [5.74, 6) is 1.95. The summed E-state index contributed by atoms with van der Waals surface area (Å²) >= 11 is 0. The van der Waals surface area contributed by atoms with Gasteiger partial charge in [0.05, 0.1) is 0 Å². The van der Waals surface area contributed by atoms with Crippen LogP contribution in [0.3, 0.4) is 0 Å². The minimum absolute atomic E-state index is 0.0435. The molecule has 0 radical (unpaired) electrons. The first-order valence-corrected chi connectivity index (χ1v) is 18.0. The molecule has 47 heavy (non-hydrogen) atoms. The number of esters is 1. The second-order valence-corrected chi connectivity index (χ2v) is 16.0. The Balaban J connectivity index is 0.981. The number of hydrogen-bond acceptors (Lipinski definition) is 5. The van der Waals surface area contributed by atoms with Crippen LogP contribution in [0.5, 0.6) is 0 Å². The van der Waals surface area contributed by atoms with E-state index in [1.165, 1.54) is 29.5 Å². The molecule has 6 heteroatoms. The monoisotopic (exact) mass is 637 g/mol. The molecule has 3 unspecified atom stereocenters. The zero-order valence-electron chi connectivity index (χ0n) is 28.7. The van der Waals surface area contributed by atoms with Gasteiger partial charge in [0.25, 0.3) is 0 Å². The van der Waals surface area contributed by atoms with Crippen LogP contribution in [0, 0.1) is 40.4 Å². The van der Waals surface area contributed by atoms with Gasteiger partial charge in [-0.25, -0.2) is 9.59 Å². The van der Waals surface area contributed by atoms with E-state index in [-0.39, 0.29) is 41.3 Å². The predicted octanol–water partition coefficient (Wildman–Crippen LogP) is 8.63. The van der Waals surface area contributed by atoms with E-state index in [0.29, 0.717) is 23.5 Å². The van der Waals surface area contributed by atoms with E-state index >= 15 is 0 Å². The summed E-state index contributed by atoms with van der Waals surface area (Å²) in [6, 6.07) is 15.7. The SMILES string of the molecule is CC(=O)[C@H]1CCC2C3CCC4=C[C@H](OC(=O)[C@@H](NC(=O)OCC5c6ccccc6-c6ccccc65)C(C)C)CC[C@]4(C)C3CC[C@@]21C. The smallest absolute Gasteiger partial charge is 0.407 e. The lowest BCUT2D eigenvalue weighted by atomic mass is 9.46. The lowest BCUT2D eigenvalue weighted by Gasteiger charge is -2.58. The molecule has 0 aromatic heterocycles. The maximum absolute atomic E-state index is 13.5. The number of alkyl carbamates (subject to hydrolysis) is 1. The predicted molar refractivity (Wildman–Crippen MR) is 183 cm³/mol. The van der Waals surface area contributed by atoms with Crippen molar-refractivity contribution in [3.8, 4) is 11.1 Å². The first-order valence-electron chi connectivity index (χ1n) is 18.0. The maximum Gasteiger partial charge on any atom is 0.407 e. The van der Waals surface area contributed by atoms with E-state index in [1.807, 2.05) is 38.1 Å². The third-order valence-corrected chi connectivity index (χ3v) is 13.4. The molecule has 5 aliphatic carbocycles. The molecule has 1 amide bonds. The van der Waals surface area contributed by atoms with E-state index in [4.69, 9.17) is 9.47 Å². The van der Waals surface area contributed by atoms with Crippen LogP contribution in [-0.4, -0.2) is 36.6 Å². The minimum Gasteiger partial charge on any atom is -0.457 e. The van der Waals surface area contributed by atoms with Gasteiger partial charge in [-0.2, -0.15) is 0 Å². The van der Waals surface area contributed by atoms with E-state index in [2.05, 4.69) is 49.5 Å². The first kappa shape index (κ1) is 32.2. The van der Waals surface area contributed by atoms with Gasteiger partial charge in [0.15, 0.2) is 0 Å². The van der Waals surface area contributed by atoms with Crippen molar-refractivity contribution in [2.24, 2.45) is 40.4 Å². The van der Waals surface area contributed by atoms with Crippen LogP contribution in [0.25, 0.3) is 11.1 Å². The van der Waals surface area contributed by atoms with E-state index in [9.17, 15) is 14.4 Å². The van der Waals surface area contributed by atoms with Crippen LogP contribution in [0.2, 0.25) is 0 Å². The topological polar surface area (TPSA) is 81.7 Å². The largest absolute Gasteiger partial charge is 0.457 e. The molecule has 0 saturated heterocycles. The number of Topliss-reactive ketones (excluding diaryl/α,β-unsaturated/α-hetero) is 1. The number of carbonyl (C=O) groups is 3. The van der Waals surface area contributed by atoms with Crippen LogP contribution >= 0.6 is 0 Å². The molecule has 0 aliphatic heterocycles. The summed E-state index contributed by atoms with van der Waals surface area (Å²) < 4.78 is 11.9. The van der Waals surface area contributed by atoms with Crippen LogP contribution in [0.1, 0.15) is 103 Å². The van der Waals surface area contributed by atoms with Gasteiger partial charge in [0.1, 0.15) is 24.5 Å². The average molecular weight is 638 g/mol. The number of amides is 1. The second kappa shape index (κ2) is 12.2. The van der Waals surface area contributed by atoms with Gasteiger partial charge in [0.2, 0.25) is 0 Å². The summed E-state index contributed by atoms with van der Waals surface area (Å²) in [5, 5.41) is 2.83. The van der Waals surface area contributed by atoms with Crippen molar-refractivity contribution in [2.45, 2.75) is 104 Å². The van der Waals surface area contributed by atoms with Crippen LogP contribution in [-0.2, 0) is 19.1 Å². The molecule has 1 N–H and O–H groups in total. The molecule has 0 spiro atoms. The molecule has 2 aromatic rings. The van der Waals surface area contributed by atoms with Gasteiger partial charge in [-0.3, -0.25) is 4.79 Å². The van der Waals surface area contributed by atoms with Crippen molar-refractivity contribution in [1.29, 1.82) is 0 Å². The molecule has 250 valence electrons. The van der Waals surface area contributed by atoms with Crippen molar-refractivity contribution in [1.82, 2.24) is 5.32 Å². The van der Waals surface area contributed by atoms with Gasteiger partial charge in [0, 0.05) is 11.8 Å². The van der Waals surface area contributed by atoms with Gasteiger partial charge in [-0.1, -0.05) is 81.8 Å². The Kier molecular flexibility index (Phi) is 8.37. The second-order valence-electron chi connectivity index (χ2n) is 16.0. The van der Waals surface area contributed by atoms with Crippen molar-refractivity contribution in [2.75, 3.05) is 6.61 Å². The Bertz CT molecular complexity index is 1550. The van der Waals surface area contributed by atoms with Crippen molar-refractivity contribution in [3.63, 3.8) is 0 Å². The molecule has 7 rings (SSSR count). The van der Waals surface area contributed by atoms with E-state index < -0.39 is 18.1 Å². The zero-order valence-corrected chi connectivity index (χ0v) is 28.7. The van der Waals surface area contributed by atoms with E-state index in [1.54, 1.807) is 6.92 Å². The number of allylic oxidation sites excluding steroid dienone is 1. The van der Waals surface area contributed by atoms with Crippen molar-refractivity contribution in [3.05, 3.63) is 71.3 Å². The maximum atomic E-state index is 13.5. The molecule has 6 nitrogen and oxygen atoms in total. The summed E-state index contributed by atoms with van der Waals surface area (Å²) in [6.45, 7) is 10.7. The Hall–Kier alpha value is -3.41. The fraction of sp³-hybridized carbons (Fsp3) is 0.585. The van der Waals surface area contributed by atoms with Crippen molar-refractivity contribution < 1.29 is 23.9 Å². The van der Waals surface area contributed by atoms with Crippen LogP contribution < -0.4 is 5.32 Å². The molecule has 8 atom stereocenters. The fourth-order valence-corrected chi connectivity index (χ4v) is 10.9.